The van der Waals surface area contributed by atoms with Crippen LogP contribution in [-0.4, -0.2) is 31.8 Å². The van der Waals surface area contributed by atoms with Crippen LogP contribution in [0, 0.1) is 0 Å². The molecule has 0 fully saturated rings. The number of para-hydroxylation sites is 1. The van der Waals surface area contributed by atoms with Gasteiger partial charge in [0.05, 0.1) is 13.2 Å². The lowest BCUT2D eigenvalue weighted by Crippen LogP contribution is -2.15. The smallest absolute Gasteiger partial charge is 0.0590 e. The highest BCUT2D eigenvalue weighted by molar-refractivity contribution is 6.07. The number of nitrogens with one attached hydrogen (secondary N) is 2. The van der Waals surface area contributed by atoms with E-state index in [1.807, 2.05) is 7.05 Å². The van der Waals surface area contributed by atoms with Crippen molar-refractivity contribution < 1.29 is 4.74 Å². The maximum atomic E-state index is 5.59. The van der Waals surface area contributed by atoms with E-state index in [-0.39, 0.29) is 0 Å². The zero-order valence-electron chi connectivity index (χ0n) is 11.8. The van der Waals surface area contributed by atoms with Crippen molar-refractivity contribution in [1.29, 1.82) is 0 Å². The first-order chi connectivity index (χ1) is 9.88. The van der Waals surface area contributed by atoms with Crippen LogP contribution in [0.5, 0.6) is 0 Å². The topological polar surface area (TPSA) is 37.0 Å². The summed E-state index contributed by atoms with van der Waals surface area (Å²) in [5.74, 6) is 0. The molecule has 0 spiro atoms. The Kier molecular flexibility index (Phi) is 4.00. The molecular weight excluding hydrogens is 248 g/mol. The van der Waals surface area contributed by atoms with Gasteiger partial charge in [-0.1, -0.05) is 24.3 Å². The van der Waals surface area contributed by atoms with Gasteiger partial charge in [-0.2, -0.15) is 0 Å². The van der Waals surface area contributed by atoms with Crippen LogP contribution >= 0.6 is 0 Å². The molecule has 3 aromatic rings. The molecule has 0 aliphatic carbocycles. The molecule has 0 amide bonds. The number of likely N-dealkylation sites (N-methyl/N-ethyl adjacent to an activating group) is 1. The van der Waals surface area contributed by atoms with E-state index in [9.17, 15) is 0 Å². The summed E-state index contributed by atoms with van der Waals surface area (Å²) >= 11 is 0. The predicted octanol–water partition coefficient (Wildman–Crippen LogP) is 3.10. The van der Waals surface area contributed by atoms with Crippen molar-refractivity contribution >= 4 is 21.8 Å². The lowest BCUT2D eigenvalue weighted by molar-refractivity contribution is 0.140. The fourth-order valence-electron chi connectivity index (χ4n) is 2.52. The standard InChI is InChI=1S/C17H20N2O/c1-18-9-11-20-10-8-13-6-7-17-15(12-13)14-4-2-3-5-16(14)19-17/h2-7,12,18-19H,8-11H2,1H3. The van der Waals surface area contributed by atoms with Gasteiger partial charge < -0.3 is 15.0 Å². The van der Waals surface area contributed by atoms with Crippen LogP contribution in [0.3, 0.4) is 0 Å². The van der Waals surface area contributed by atoms with Gasteiger partial charge in [-0.05, 0) is 37.2 Å². The molecule has 1 heterocycles. The highest BCUT2D eigenvalue weighted by atomic mass is 16.5. The second kappa shape index (κ2) is 6.07. The molecule has 3 nitrogen and oxygen atoms in total. The molecule has 3 rings (SSSR count). The largest absolute Gasteiger partial charge is 0.380 e. The van der Waals surface area contributed by atoms with Crippen LogP contribution in [0.15, 0.2) is 42.5 Å². The van der Waals surface area contributed by atoms with E-state index < -0.39 is 0 Å². The Morgan fingerprint density at radius 2 is 1.85 bits per heavy atom. The Labute approximate surface area is 118 Å². The van der Waals surface area contributed by atoms with Crippen molar-refractivity contribution in [3.05, 3.63) is 48.0 Å². The summed E-state index contributed by atoms with van der Waals surface area (Å²) in [5.41, 5.74) is 3.72. The van der Waals surface area contributed by atoms with Crippen LogP contribution in [-0.2, 0) is 11.2 Å². The average Bonchev–Trinajstić information content (AvgIpc) is 2.85. The van der Waals surface area contributed by atoms with Crippen LogP contribution in [0.1, 0.15) is 5.56 Å². The minimum Gasteiger partial charge on any atom is -0.380 e. The number of fused-ring (bicyclic) bond motifs is 3. The van der Waals surface area contributed by atoms with E-state index in [0.717, 1.165) is 26.2 Å². The average molecular weight is 268 g/mol. The zero-order valence-corrected chi connectivity index (χ0v) is 11.8. The minimum absolute atomic E-state index is 0.770. The van der Waals surface area contributed by atoms with E-state index in [0.29, 0.717) is 0 Å². The van der Waals surface area contributed by atoms with Crippen molar-refractivity contribution in [2.45, 2.75) is 6.42 Å². The van der Waals surface area contributed by atoms with Gasteiger partial charge in [0.1, 0.15) is 0 Å². The van der Waals surface area contributed by atoms with Crippen LogP contribution < -0.4 is 5.32 Å². The van der Waals surface area contributed by atoms with E-state index >= 15 is 0 Å². The predicted molar refractivity (Wildman–Crippen MR) is 84.3 cm³/mol. The maximum Gasteiger partial charge on any atom is 0.0590 e. The fraction of sp³-hybridized carbons (Fsp3) is 0.294. The Balaban J connectivity index is 1.77. The number of benzene rings is 2. The molecule has 104 valence electrons. The first-order valence-electron chi connectivity index (χ1n) is 7.10. The number of hydrogen-bond acceptors (Lipinski definition) is 2. The molecular formula is C17H20N2O. The highest BCUT2D eigenvalue weighted by Gasteiger charge is 2.04. The maximum absolute atomic E-state index is 5.59. The molecule has 20 heavy (non-hydrogen) atoms. The summed E-state index contributed by atoms with van der Waals surface area (Å²) in [5, 5.41) is 5.67. The van der Waals surface area contributed by atoms with Crippen LogP contribution in [0.25, 0.3) is 21.8 Å². The van der Waals surface area contributed by atoms with Gasteiger partial charge >= 0.3 is 0 Å². The van der Waals surface area contributed by atoms with Crippen molar-refractivity contribution in [2.24, 2.45) is 0 Å². The van der Waals surface area contributed by atoms with Crippen molar-refractivity contribution in [2.75, 3.05) is 26.8 Å². The Morgan fingerprint density at radius 1 is 1.00 bits per heavy atom. The molecule has 0 unspecified atom stereocenters. The summed E-state index contributed by atoms with van der Waals surface area (Å²) in [6, 6.07) is 15.1. The third kappa shape index (κ3) is 2.69. The molecule has 2 N–H and O–H groups in total. The van der Waals surface area contributed by atoms with E-state index in [1.165, 1.54) is 27.4 Å². The molecule has 0 saturated heterocycles. The number of H-pyrrole nitrogens is 1. The number of aromatic nitrogens is 1. The van der Waals surface area contributed by atoms with Gasteiger partial charge in [0.15, 0.2) is 0 Å². The summed E-state index contributed by atoms with van der Waals surface area (Å²) in [6.45, 7) is 2.45. The number of aromatic amines is 1. The summed E-state index contributed by atoms with van der Waals surface area (Å²) in [4.78, 5) is 3.45. The van der Waals surface area contributed by atoms with Gasteiger partial charge in [-0.25, -0.2) is 0 Å². The summed E-state index contributed by atoms with van der Waals surface area (Å²) in [7, 11) is 1.94. The first kappa shape index (κ1) is 13.2. The van der Waals surface area contributed by atoms with E-state index in [1.54, 1.807) is 0 Å². The van der Waals surface area contributed by atoms with Crippen molar-refractivity contribution in [3.63, 3.8) is 0 Å². The Bertz CT molecular complexity index is 702. The van der Waals surface area contributed by atoms with Gasteiger partial charge in [0.2, 0.25) is 0 Å². The zero-order chi connectivity index (χ0) is 13.8. The molecule has 0 aliphatic heterocycles. The van der Waals surface area contributed by atoms with Crippen LogP contribution in [0.2, 0.25) is 0 Å². The van der Waals surface area contributed by atoms with Crippen LogP contribution in [0.4, 0.5) is 0 Å². The Morgan fingerprint density at radius 3 is 2.75 bits per heavy atom. The van der Waals surface area contributed by atoms with Gasteiger partial charge in [-0.3, -0.25) is 0 Å². The number of ether oxygens (including phenoxy) is 1. The van der Waals surface area contributed by atoms with Gasteiger partial charge in [-0.15, -0.1) is 0 Å². The second-order valence-electron chi connectivity index (χ2n) is 5.02. The molecule has 0 bridgehead atoms. The molecule has 0 saturated carbocycles. The number of rotatable bonds is 6. The van der Waals surface area contributed by atoms with Gasteiger partial charge in [0, 0.05) is 28.4 Å². The lowest BCUT2D eigenvalue weighted by atomic mass is 10.1. The number of hydrogen-bond donors (Lipinski definition) is 2. The third-order valence-corrected chi connectivity index (χ3v) is 3.60. The van der Waals surface area contributed by atoms with E-state index in [4.69, 9.17) is 4.74 Å². The summed E-state index contributed by atoms with van der Waals surface area (Å²) < 4.78 is 5.59. The molecule has 3 heteroatoms. The molecule has 0 radical (unpaired) electrons. The summed E-state index contributed by atoms with van der Waals surface area (Å²) in [6.07, 6.45) is 0.958. The van der Waals surface area contributed by atoms with Gasteiger partial charge in [0.25, 0.3) is 0 Å². The minimum atomic E-state index is 0.770. The van der Waals surface area contributed by atoms with Crippen molar-refractivity contribution in [1.82, 2.24) is 10.3 Å². The highest BCUT2D eigenvalue weighted by Crippen LogP contribution is 2.26. The molecule has 0 atom stereocenters. The monoisotopic (exact) mass is 268 g/mol. The third-order valence-electron chi connectivity index (χ3n) is 3.60. The molecule has 1 aromatic heterocycles. The fourth-order valence-corrected chi connectivity index (χ4v) is 2.52. The quantitative estimate of drug-likeness (QED) is 0.674. The first-order valence-corrected chi connectivity index (χ1v) is 7.10. The lowest BCUT2D eigenvalue weighted by Gasteiger charge is -2.04. The second-order valence-corrected chi connectivity index (χ2v) is 5.02. The Hall–Kier alpha value is -1.84. The van der Waals surface area contributed by atoms with E-state index in [2.05, 4.69) is 52.8 Å². The van der Waals surface area contributed by atoms with Crippen molar-refractivity contribution in [3.8, 4) is 0 Å². The SMILES string of the molecule is CNCCOCCc1ccc2[nH]c3ccccc3c2c1. The molecule has 0 aliphatic rings. The normalized spacial score (nSPS) is 11.4. The molecule has 2 aromatic carbocycles.